The zero-order valence-electron chi connectivity index (χ0n) is 10.2. The summed E-state index contributed by atoms with van der Waals surface area (Å²) in [6.07, 6.45) is 1.75. The summed E-state index contributed by atoms with van der Waals surface area (Å²) < 4.78 is 0.791. The van der Waals surface area contributed by atoms with Crippen molar-refractivity contribution in [2.45, 2.75) is 6.42 Å². The highest BCUT2D eigenvalue weighted by molar-refractivity contribution is 14.1. The second-order valence-corrected chi connectivity index (χ2v) is 5.50. The topological polar surface area (TPSA) is 124 Å². The van der Waals surface area contributed by atoms with Gasteiger partial charge in [0, 0.05) is 24.4 Å². The number of nitrogens with one attached hydrogen (secondary N) is 1. The van der Waals surface area contributed by atoms with Crippen LogP contribution >= 0.6 is 22.6 Å². The van der Waals surface area contributed by atoms with Crippen molar-refractivity contribution in [2.24, 2.45) is 11.0 Å². The van der Waals surface area contributed by atoms with Crippen LogP contribution in [-0.2, 0) is 4.79 Å². The van der Waals surface area contributed by atoms with Crippen molar-refractivity contribution in [3.63, 3.8) is 0 Å². The minimum absolute atomic E-state index is 0.0213. The number of carbonyl (C=O) groups excluding carboxylic acids is 1. The normalized spacial score (nSPS) is 18.6. The summed E-state index contributed by atoms with van der Waals surface area (Å²) in [5.74, 6) is 0.551. The molecule has 0 radical (unpaired) electrons. The molecule has 10 heteroatoms. The Bertz CT molecular complexity index is 721. The molecule has 1 amide bonds. The molecule has 0 saturated carbocycles. The third-order valence-corrected chi connectivity index (χ3v) is 3.93. The highest BCUT2D eigenvalue weighted by atomic mass is 127. The number of rotatable bonds is 3. The molecule has 102 valence electrons. The first-order chi connectivity index (χ1) is 9.70. The Hall–Kier alpha value is -1.94. The molecule has 0 spiro atoms. The maximum atomic E-state index is 12.1. The Morgan fingerprint density at radius 1 is 1.60 bits per heavy atom. The van der Waals surface area contributed by atoms with Crippen LogP contribution in [0.5, 0.6) is 0 Å². The fraction of sp³-hybridized carbons (Fsp3) is 0.400. The van der Waals surface area contributed by atoms with E-state index >= 15 is 0 Å². The number of hydrogen-bond donors (Lipinski definition) is 1. The van der Waals surface area contributed by atoms with Crippen molar-refractivity contribution in [1.29, 1.82) is 0 Å². The summed E-state index contributed by atoms with van der Waals surface area (Å²) in [4.78, 5) is 24.7. The smallest absolute Gasteiger partial charge is 0.228 e. The summed E-state index contributed by atoms with van der Waals surface area (Å²) in [5, 5.41) is 11.2. The molecule has 1 N–H and O–H groups in total. The van der Waals surface area contributed by atoms with Crippen LogP contribution in [0, 0.1) is 9.62 Å². The predicted octanol–water partition coefficient (Wildman–Crippen LogP) is 1.62. The van der Waals surface area contributed by atoms with Crippen LogP contribution in [0.1, 0.15) is 6.42 Å². The third-order valence-electron chi connectivity index (χ3n) is 3.15. The molecule has 20 heavy (non-hydrogen) atoms. The number of amides is 1. The molecule has 1 unspecified atom stereocenters. The SMILES string of the molecule is [N-]=[N+]=NCC1CC(=O)N(c2ncnc3n[nH]c(I)c23)C1. The second kappa shape index (κ2) is 5.21. The van der Waals surface area contributed by atoms with Gasteiger partial charge in [-0.25, -0.2) is 9.97 Å². The van der Waals surface area contributed by atoms with Gasteiger partial charge in [0.05, 0.1) is 5.39 Å². The zero-order valence-corrected chi connectivity index (χ0v) is 12.4. The first-order valence-electron chi connectivity index (χ1n) is 5.86. The quantitative estimate of drug-likeness (QED) is 0.374. The second-order valence-electron chi connectivity index (χ2n) is 4.42. The van der Waals surface area contributed by atoms with Gasteiger partial charge in [-0.3, -0.25) is 14.8 Å². The van der Waals surface area contributed by atoms with Crippen LogP contribution in [-0.4, -0.2) is 39.2 Å². The number of fused-ring (bicyclic) bond motifs is 1. The Morgan fingerprint density at radius 3 is 3.25 bits per heavy atom. The van der Waals surface area contributed by atoms with Gasteiger partial charge in [0.2, 0.25) is 5.91 Å². The highest BCUT2D eigenvalue weighted by Gasteiger charge is 2.32. The molecule has 0 aliphatic carbocycles. The summed E-state index contributed by atoms with van der Waals surface area (Å²) in [6.45, 7) is 0.806. The van der Waals surface area contributed by atoms with Gasteiger partial charge in [0.25, 0.3) is 0 Å². The van der Waals surface area contributed by atoms with Gasteiger partial charge < -0.3 is 0 Å². The molecule has 3 rings (SSSR count). The Labute approximate surface area is 126 Å². The molecule has 1 saturated heterocycles. The maximum absolute atomic E-state index is 12.1. The average Bonchev–Trinajstić information content (AvgIpc) is 3.00. The molecule has 2 aromatic rings. The zero-order chi connectivity index (χ0) is 14.1. The highest BCUT2D eigenvalue weighted by Crippen LogP contribution is 2.30. The van der Waals surface area contributed by atoms with Crippen LogP contribution in [0.25, 0.3) is 21.5 Å². The minimum atomic E-state index is -0.0276. The van der Waals surface area contributed by atoms with Crippen molar-refractivity contribution in [3.8, 4) is 0 Å². The number of aromatic nitrogens is 4. The molecule has 1 aliphatic rings. The molecule has 1 fully saturated rings. The minimum Gasteiger partial charge on any atom is -0.296 e. The maximum Gasteiger partial charge on any atom is 0.228 e. The van der Waals surface area contributed by atoms with E-state index in [9.17, 15) is 4.79 Å². The van der Waals surface area contributed by atoms with Crippen LogP contribution in [0.2, 0.25) is 0 Å². The van der Waals surface area contributed by atoms with Gasteiger partial charge in [0.1, 0.15) is 10.0 Å². The molecular weight excluding hydrogens is 375 g/mol. The lowest BCUT2D eigenvalue weighted by atomic mass is 10.1. The summed E-state index contributed by atoms with van der Waals surface area (Å²) in [5.41, 5.74) is 8.88. The third kappa shape index (κ3) is 2.16. The summed E-state index contributed by atoms with van der Waals surface area (Å²) >= 11 is 2.10. The molecular formula is C10H9IN8O. The Kier molecular flexibility index (Phi) is 3.40. The standard InChI is InChI=1S/C10H9IN8O/c11-8-7-9(17-16-8)13-4-14-10(7)19-3-5(1-6(19)20)2-15-18-12/h4-5H,1-3H2,(H,13,14,16,17). The number of carbonyl (C=O) groups is 1. The van der Waals surface area contributed by atoms with Gasteiger partial charge in [-0.05, 0) is 34.0 Å². The lowest BCUT2D eigenvalue weighted by Crippen LogP contribution is -2.26. The van der Waals surface area contributed by atoms with E-state index in [0.29, 0.717) is 31.0 Å². The van der Waals surface area contributed by atoms with Crippen molar-refractivity contribution < 1.29 is 4.79 Å². The number of H-pyrrole nitrogens is 1. The van der Waals surface area contributed by atoms with Gasteiger partial charge in [-0.1, -0.05) is 5.11 Å². The summed E-state index contributed by atoms with van der Waals surface area (Å²) in [6, 6.07) is 0. The predicted molar refractivity (Wildman–Crippen MR) is 78.9 cm³/mol. The average molecular weight is 384 g/mol. The fourth-order valence-electron chi connectivity index (χ4n) is 2.27. The number of nitrogens with zero attached hydrogens (tertiary/aromatic N) is 7. The van der Waals surface area contributed by atoms with Crippen molar-refractivity contribution >= 4 is 45.3 Å². The van der Waals surface area contributed by atoms with E-state index in [1.54, 1.807) is 4.90 Å². The number of azide groups is 1. The van der Waals surface area contributed by atoms with Gasteiger partial charge in [0.15, 0.2) is 11.5 Å². The van der Waals surface area contributed by atoms with Crippen LogP contribution in [0.3, 0.4) is 0 Å². The lowest BCUT2D eigenvalue weighted by molar-refractivity contribution is -0.117. The van der Waals surface area contributed by atoms with Crippen LogP contribution < -0.4 is 4.90 Å². The van der Waals surface area contributed by atoms with Crippen LogP contribution in [0.4, 0.5) is 5.82 Å². The largest absolute Gasteiger partial charge is 0.296 e. The Morgan fingerprint density at radius 2 is 2.45 bits per heavy atom. The van der Waals surface area contributed by atoms with E-state index in [1.807, 2.05) is 0 Å². The van der Waals surface area contributed by atoms with Crippen LogP contribution in [0.15, 0.2) is 11.4 Å². The monoisotopic (exact) mass is 384 g/mol. The first-order valence-corrected chi connectivity index (χ1v) is 6.94. The van der Waals surface area contributed by atoms with Gasteiger partial charge >= 0.3 is 0 Å². The van der Waals surface area contributed by atoms with E-state index in [4.69, 9.17) is 5.53 Å². The van der Waals surface area contributed by atoms with E-state index in [-0.39, 0.29) is 11.8 Å². The fourth-order valence-corrected chi connectivity index (χ4v) is 2.87. The van der Waals surface area contributed by atoms with Gasteiger partial charge in [-0.15, -0.1) is 0 Å². The van der Waals surface area contributed by atoms with E-state index in [2.05, 4.69) is 52.8 Å². The summed E-state index contributed by atoms with van der Waals surface area (Å²) in [7, 11) is 0. The number of hydrogen-bond acceptors (Lipinski definition) is 5. The van der Waals surface area contributed by atoms with E-state index < -0.39 is 0 Å². The van der Waals surface area contributed by atoms with E-state index in [1.165, 1.54) is 6.33 Å². The van der Waals surface area contributed by atoms with Crippen molar-refractivity contribution in [1.82, 2.24) is 20.2 Å². The number of aromatic amines is 1. The molecule has 0 aromatic carbocycles. The molecule has 1 atom stereocenters. The molecule has 3 heterocycles. The van der Waals surface area contributed by atoms with Crippen molar-refractivity contribution in [3.05, 3.63) is 20.5 Å². The Balaban J connectivity index is 1.97. The van der Waals surface area contributed by atoms with Gasteiger partial charge in [-0.2, -0.15) is 5.10 Å². The molecule has 9 nitrogen and oxygen atoms in total. The lowest BCUT2D eigenvalue weighted by Gasteiger charge is -2.15. The van der Waals surface area contributed by atoms with E-state index in [0.717, 1.165) is 9.09 Å². The first kappa shape index (κ1) is 13.1. The number of halogens is 1. The molecule has 0 bridgehead atoms. The number of anilines is 1. The van der Waals surface area contributed by atoms with Crippen molar-refractivity contribution in [2.75, 3.05) is 18.0 Å². The molecule has 1 aliphatic heterocycles. The molecule has 2 aromatic heterocycles.